The molecule has 0 radical (unpaired) electrons. The highest BCUT2D eigenvalue weighted by molar-refractivity contribution is 5.69. The first-order chi connectivity index (χ1) is 9.54. The summed E-state index contributed by atoms with van der Waals surface area (Å²) in [4.78, 5) is 0. The van der Waals surface area contributed by atoms with Crippen molar-refractivity contribution in [2.75, 3.05) is 0 Å². The van der Waals surface area contributed by atoms with Crippen LogP contribution >= 0.6 is 0 Å². The predicted molar refractivity (Wildman–Crippen MR) is 86.4 cm³/mol. The average Bonchev–Trinajstić information content (AvgIpc) is 2.43. The summed E-state index contributed by atoms with van der Waals surface area (Å²) in [6, 6.07) is 13.5. The predicted octanol–water partition coefficient (Wildman–Crippen LogP) is 3.78. The van der Waals surface area contributed by atoms with Gasteiger partial charge in [0.2, 0.25) is 0 Å². The van der Waals surface area contributed by atoms with Crippen molar-refractivity contribution in [3.63, 3.8) is 0 Å². The second kappa shape index (κ2) is 4.89. The zero-order valence-corrected chi connectivity index (χ0v) is 12.7. The van der Waals surface area contributed by atoms with Gasteiger partial charge in [0.1, 0.15) is 10.8 Å². The van der Waals surface area contributed by atoms with Crippen LogP contribution in [0.25, 0.3) is 12.2 Å². The first-order valence-electron chi connectivity index (χ1n) is 7.44. The second-order valence-electron chi connectivity index (χ2n) is 6.27. The summed E-state index contributed by atoms with van der Waals surface area (Å²) in [6.45, 7) is 8.94. The maximum atomic E-state index is 3.60. The van der Waals surface area contributed by atoms with Gasteiger partial charge < -0.3 is 0 Å². The van der Waals surface area contributed by atoms with Crippen LogP contribution in [0.3, 0.4) is 0 Å². The molecule has 0 spiro atoms. The number of rotatable bonds is 2. The fourth-order valence-corrected chi connectivity index (χ4v) is 2.65. The van der Waals surface area contributed by atoms with E-state index in [0.717, 1.165) is 0 Å². The molecule has 1 aliphatic rings. The van der Waals surface area contributed by atoms with Gasteiger partial charge in [-0.1, -0.05) is 27.7 Å². The van der Waals surface area contributed by atoms with E-state index in [1.165, 1.54) is 32.7 Å². The van der Waals surface area contributed by atoms with Gasteiger partial charge in [-0.25, -0.2) is 0 Å². The van der Waals surface area contributed by atoms with Gasteiger partial charge >= 0.3 is 0 Å². The number of benzene rings is 2. The lowest BCUT2D eigenvalue weighted by Gasteiger charge is -2.07. The van der Waals surface area contributed by atoms with Crippen LogP contribution in [0.1, 0.15) is 61.8 Å². The highest BCUT2D eigenvalue weighted by Gasteiger charge is 2.14. The van der Waals surface area contributed by atoms with E-state index >= 15 is 0 Å². The molecule has 0 fully saturated rings. The molecule has 0 saturated carbocycles. The Kier molecular flexibility index (Phi) is 3.20. The standard InChI is InChI=1S/C20H21/c1-13(2)15-5-7-17-11-18-8-6-16(14(3)4)10-20(18)12-19(17)9-15/h5-11,13-14H,1-4H3/q+1. The van der Waals surface area contributed by atoms with Crippen molar-refractivity contribution in [3.8, 4) is 0 Å². The van der Waals surface area contributed by atoms with Crippen molar-refractivity contribution >= 4 is 12.2 Å². The Bertz CT molecular complexity index is 761. The second-order valence-corrected chi connectivity index (χ2v) is 6.27. The van der Waals surface area contributed by atoms with Crippen LogP contribution < -0.4 is 10.4 Å². The highest BCUT2D eigenvalue weighted by Crippen LogP contribution is 2.21. The molecule has 100 valence electrons. The molecular weight excluding hydrogens is 240 g/mol. The van der Waals surface area contributed by atoms with Crippen LogP contribution in [0.5, 0.6) is 0 Å². The van der Waals surface area contributed by atoms with E-state index in [1.54, 1.807) is 0 Å². The fraction of sp³-hybridized carbons (Fsp3) is 0.300. The number of fused-ring (bicyclic) bond motifs is 2. The minimum Gasteiger partial charge on any atom is -0.0580 e. The van der Waals surface area contributed by atoms with E-state index in [4.69, 9.17) is 0 Å². The van der Waals surface area contributed by atoms with Crippen LogP contribution in [0.4, 0.5) is 0 Å². The molecule has 2 aromatic carbocycles. The molecule has 0 saturated heterocycles. The van der Waals surface area contributed by atoms with E-state index < -0.39 is 0 Å². The van der Waals surface area contributed by atoms with E-state index in [0.29, 0.717) is 11.8 Å². The minimum atomic E-state index is 0.561. The zero-order valence-electron chi connectivity index (χ0n) is 12.7. The Balaban J connectivity index is 2.17. The Hall–Kier alpha value is -1.91. The van der Waals surface area contributed by atoms with Crippen molar-refractivity contribution in [1.29, 1.82) is 0 Å². The van der Waals surface area contributed by atoms with Gasteiger partial charge in [0.25, 0.3) is 0 Å². The monoisotopic (exact) mass is 261 g/mol. The molecule has 0 amide bonds. The summed E-state index contributed by atoms with van der Waals surface area (Å²) >= 11 is 0. The highest BCUT2D eigenvalue weighted by atomic mass is 14.1. The van der Waals surface area contributed by atoms with E-state index in [1.807, 2.05) is 0 Å². The van der Waals surface area contributed by atoms with Crippen LogP contribution in [0.2, 0.25) is 0 Å². The van der Waals surface area contributed by atoms with Crippen molar-refractivity contribution in [1.82, 2.24) is 0 Å². The van der Waals surface area contributed by atoms with Crippen molar-refractivity contribution in [3.05, 3.63) is 69.1 Å². The third-order valence-corrected chi connectivity index (χ3v) is 4.07. The van der Waals surface area contributed by atoms with Gasteiger partial charge in [-0.3, -0.25) is 0 Å². The number of hydrogen-bond acceptors (Lipinski definition) is 0. The first kappa shape index (κ1) is 13.1. The quantitative estimate of drug-likeness (QED) is 0.616. The fourth-order valence-electron chi connectivity index (χ4n) is 2.65. The summed E-state index contributed by atoms with van der Waals surface area (Å²) in [6.07, 6.45) is 5.87. The van der Waals surface area contributed by atoms with Gasteiger partial charge in [0.05, 0.1) is 10.8 Å². The van der Waals surface area contributed by atoms with Gasteiger partial charge in [-0.05, 0) is 47.2 Å². The molecular formula is C20H21+. The largest absolute Gasteiger partial charge is 0.130 e. The van der Waals surface area contributed by atoms with E-state index in [9.17, 15) is 0 Å². The molecule has 0 unspecified atom stereocenters. The van der Waals surface area contributed by atoms with Crippen molar-refractivity contribution in [2.45, 2.75) is 39.5 Å². The minimum absolute atomic E-state index is 0.561. The maximum absolute atomic E-state index is 3.60. The Morgan fingerprint density at radius 1 is 0.800 bits per heavy atom. The average molecular weight is 261 g/mol. The molecule has 0 heteroatoms. The van der Waals surface area contributed by atoms with Gasteiger partial charge in [0.15, 0.2) is 0 Å². The van der Waals surface area contributed by atoms with E-state index in [2.05, 4.69) is 76.2 Å². The normalized spacial score (nSPS) is 12.3. The lowest BCUT2D eigenvalue weighted by atomic mass is 9.92. The Morgan fingerprint density at radius 3 is 2.15 bits per heavy atom. The van der Waals surface area contributed by atoms with Crippen LogP contribution in [-0.2, 0) is 0 Å². The van der Waals surface area contributed by atoms with E-state index in [-0.39, 0.29) is 0 Å². The van der Waals surface area contributed by atoms with Crippen LogP contribution in [0.15, 0.2) is 36.4 Å². The molecule has 0 heterocycles. The molecule has 0 atom stereocenters. The molecule has 20 heavy (non-hydrogen) atoms. The summed E-state index contributed by atoms with van der Waals surface area (Å²) in [5, 5.41) is 2.50. The third kappa shape index (κ3) is 2.28. The molecule has 0 aliphatic heterocycles. The Morgan fingerprint density at radius 2 is 1.45 bits per heavy atom. The molecule has 0 nitrogen and oxygen atoms in total. The Labute approximate surface area is 121 Å². The maximum Gasteiger partial charge on any atom is 0.130 e. The number of hydrogen-bond donors (Lipinski definition) is 0. The SMILES string of the molecule is CC(C)c1ccc2c(c1)[C+]=c1cc(C(C)C)ccc1=C2. The molecule has 0 bridgehead atoms. The smallest absolute Gasteiger partial charge is 0.0580 e. The van der Waals surface area contributed by atoms with Crippen molar-refractivity contribution in [2.24, 2.45) is 0 Å². The lowest BCUT2D eigenvalue weighted by Crippen LogP contribution is -2.27. The topological polar surface area (TPSA) is 0 Å². The van der Waals surface area contributed by atoms with Gasteiger partial charge in [-0.2, -0.15) is 0 Å². The molecule has 2 aromatic rings. The summed E-state index contributed by atoms with van der Waals surface area (Å²) in [7, 11) is 0. The van der Waals surface area contributed by atoms with Gasteiger partial charge in [-0.15, -0.1) is 0 Å². The molecule has 0 N–H and O–H groups in total. The van der Waals surface area contributed by atoms with Crippen LogP contribution in [-0.4, -0.2) is 0 Å². The first-order valence-corrected chi connectivity index (χ1v) is 7.44. The summed E-state index contributed by atoms with van der Waals surface area (Å²) < 4.78 is 0. The molecule has 3 rings (SSSR count). The summed E-state index contributed by atoms with van der Waals surface area (Å²) in [5.74, 6) is 1.12. The molecule has 1 aliphatic carbocycles. The zero-order chi connectivity index (χ0) is 14.3. The summed E-state index contributed by atoms with van der Waals surface area (Å²) in [5.41, 5.74) is 5.27. The van der Waals surface area contributed by atoms with Crippen molar-refractivity contribution < 1.29 is 0 Å². The van der Waals surface area contributed by atoms with Gasteiger partial charge in [0, 0.05) is 24.3 Å². The van der Waals surface area contributed by atoms with Crippen LogP contribution in [0, 0.1) is 0 Å². The molecule has 0 aromatic heterocycles. The lowest BCUT2D eigenvalue weighted by molar-refractivity contribution is 0.864. The third-order valence-electron chi connectivity index (χ3n) is 4.07.